The van der Waals surface area contributed by atoms with Gasteiger partial charge in [-0.05, 0) is 35.2 Å². The average Bonchev–Trinajstić information content (AvgIpc) is 3.22. The second-order valence-electron chi connectivity index (χ2n) is 8.77. The van der Waals surface area contributed by atoms with Crippen LogP contribution in [0.2, 0.25) is 0 Å². The molecule has 1 aromatic heterocycles. The predicted molar refractivity (Wildman–Crippen MR) is 122 cm³/mol. The molecule has 158 valence electrons. The highest BCUT2D eigenvalue weighted by Crippen LogP contribution is 2.22. The van der Waals surface area contributed by atoms with Gasteiger partial charge in [0.25, 0.3) is 11.8 Å². The van der Waals surface area contributed by atoms with Crippen LogP contribution in [0.4, 0.5) is 0 Å². The minimum absolute atomic E-state index is 0.0283. The van der Waals surface area contributed by atoms with E-state index in [0.717, 1.165) is 10.9 Å². The molecule has 6 heteroatoms. The Morgan fingerprint density at radius 3 is 2.06 bits per heavy atom. The van der Waals surface area contributed by atoms with E-state index in [4.69, 9.17) is 0 Å². The lowest BCUT2D eigenvalue weighted by Gasteiger charge is -2.26. The molecule has 0 spiro atoms. The van der Waals surface area contributed by atoms with E-state index in [1.165, 1.54) is 5.56 Å². The summed E-state index contributed by atoms with van der Waals surface area (Å²) >= 11 is 0. The molecule has 2 aromatic carbocycles. The number of H-pyrrole nitrogens is 1. The third-order valence-electron chi connectivity index (χ3n) is 5.45. The number of nitrogens with zero attached hydrogens (tertiary/aromatic N) is 1. The summed E-state index contributed by atoms with van der Waals surface area (Å²) in [6.45, 7) is 6.41. The summed E-state index contributed by atoms with van der Waals surface area (Å²) in [4.78, 5) is 25.6. The first-order valence-electron chi connectivity index (χ1n) is 10.3. The molecular weight excluding hydrogens is 388 g/mol. The summed E-state index contributed by atoms with van der Waals surface area (Å²) in [5.41, 5.74) is 3.12. The molecule has 4 rings (SSSR count). The van der Waals surface area contributed by atoms with Gasteiger partial charge in [0.1, 0.15) is 0 Å². The highest BCUT2D eigenvalue weighted by molar-refractivity contribution is 5.98. The monoisotopic (exact) mass is 414 g/mol. The molecule has 2 amide bonds. The smallest absolute Gasteiger partial charge is 0.251 e. The Balaban J connectivity index is 1.45. The van der Waals surface area contributed by atoms with Crippen molar-refractivity contribution < 1.29 is 9.59 Å². The quantitative estimate of drug-likeness (QED) is 0.605. The first-order valence-corrected chi connectivity index (χ1v) is 10.3. The molecule has 0 aliphatic heterocycles. The number of carbonyl (C=O) groups is 2. The van der Waals surface area contributed by atoms with E-state index in [0.29, 0.717) is 11.1 Å². The van der Waals surface area contributed by atoms with Crippen molar-refractivity contribution in [2.75, 3.05) is 0 Å². The van der Waals surface area contributed by atoms with Gasteiger partial charge in [-0.1, -0.05) is 63.3 Å². The Bertz CT molecular complexity index is 1170. The molecule has 1 aliphatic rings. The third-order valence-corrected chi connectivity index (χ3v) is 5.45. The lowest BCUT2D eigenvalue weighted by molar-refractivity contribution is 0.0904. The largest absolute Gasteiger partial charge is 0.343 e. The Morgan fingerprint density at radius 2 is 1.45 bits per heavy atom. The zero-order valence-corrected chi connectivity index (χ0v) is 17.8. The van der Waals surface area contributed by atoms with Crippen LogP contribution in [0.5, 0.6) is 0 Å². The van der Waals surface area contributed by atoms with Crippen LogP contribution in [0.25, 0.3) is 10.9 Å². The number of hydrogen-bond acceptors (Lipinski definition) is 3. The van der Waals surface area contributed by atoms with Gasteiger partial charge in [-0.15, -0.1) is 0 Å². The molecule has 3 N–H and O–H groups in total. The van der Waals surface area contributed by atoms with Gasteiger partial charge < -0.3 is 10.6 Å². The lowest BCUT2D eigenvalue weighted by atomic mass is 9.86. The molecule has 2 unspecified atom stereocenters. The van der Waals surface area contributed by atoms with E-state index in [-0.39, 0.29) is 29.3 Å². The highest BCUT2D eigenvalue weighted by atomic mass is 16.2. The Hall–Kier alpha value is -3.67. The summed E-state index contributed by atoms with van der Waals surface area (Å²) in [7, 11) is 0. The topological polar surface area (TPSA) is 86.9 Å². The number of rotatable bonds is 4. The SMILES string of the molecule is CC(C)(C)c1ccc(C(=O)NC2C=CC=CC2NC(=O)c2ccc3cn[nH]c3c2)cc1. The number of amides is 2. The number of allylic oxidation sites excluding steroid dienone is 2. The lowest BCUT2D eigenvalue weighted by Crippen LogP contribution is -2.50. The van der Waals surface area contributed by atoms with Gasteiger partial charge in [-0.2, -0.15) is 5.10 Å². The van der Waals surface area contributed by atoms with Crippen LogP contribution in [0.15, 0.2) is 73.0 Å². The molecule has 3 aromatic rings. The number of carbonyl (C=O) groups excluding carboxylic acids is 2. The summed E-state index contributed by atoms with van der Waals surface area (Å²) in [6.07, 6.45) is 9.20. The molecule has 0 saturated heterocycles. The highest BCUT2D eigenvalue weighted by Gasteiger charge is 2.24. The molecule has 0 saturated carbocycles. The van der Waals surface area contributed by atoms with Gasteiger partial charge in [0.15, 0.2) is 0 Å². The van der Waals surface area contributed by atoms with Crippen molar-refractivity contribution in [3.05, 3.63) is 89.7 Å². The first kappa shape index (κ1) is 20.6. The van der Waals surface area contributed by atoms with Gasteiger partial charge >= 0.3 is 0 Å². The van der Waals surface area contributed by atoms with Crippen LogP contribution in [-0.2, 0) is 5.41 Å². The van der Waals surface area contributed by atoms with Crippen molar-refractivity contribution in [1.82, 2.24) is 20.8 Å². The fourth-order valence-corrected chi connectivity index (χ4v) is 3.55. The van der Waals surface area contributed by atoms with Crippen molar-refractivity contribution in [1.29, 1.82) is 0 Å². The fourth-order valence-electron chi connectivity index (χ4n) is 3.55. The van der Waals surface area contributed by atoms with Gasteiger partial charge in [0, 0.05) is 16.5 Å². The molecule has 31 heavy (non-hydrogen) atoms. The zero-order valence-electron chi connectivity index (χ0n) is 17.8. The van der Waals surface area contributed by atoms with Crippen molar-refractivity contribution >= 4 is 22.7 Å². The van der Waals surface area contributed by atoms with Crippen LogP contribution in [0.3, 0.4) is 0 Å². The molecule has 0 bridgehead atoms. The summed E-state index contributed by atoms with van der Waals surface area (Å²) in [5.74, 6) is -0.390. The normalized spacial score (nSPS) is 18.2. The second kappa shape index (κ2) is 8.22. The Morgan fingerprint density at radius 1 is 0.871 bits per heavy atom. The zero-order chi connectivity index (χ0) is 22.0. The molecule has 0 fully saturated rings. The Kier molecular flexibility index (Phi) is 5.46. The fraction of sp³-hybridized carbons (Fsp3) is 0.240. The van der Waals surface area contributed by atoms with Crippen LogP contribution in [0, 0.1) is 0 Å². The molecule has 0 radical (unpaired) electrons. The van der Waals surface area contributed by atoms with Crippen molar-refractivity contribution in [3.63, 3.8) is 0 Å². The molecule has 2 atom stereocenters. The van der Waals surface area contributed by atoms with E-state index in [1.54, 1.807) is 18.3 Å². The van der Waals surface area contributed by atoms with E-state index < -0.39 is 0 Å². The minimum atomic E-state index is -0.354. The van der Waals surface area contributed by atoms with E-state index in [1.807, 2.05) is 54.6 Å². The molecule has 1 aliphatic carbocycles. The number of hydrogen-bond donors (Lipinski definition) is 3. The maximum Gasteiger partial charge on any atom is 0.251 e. The molecule has 1 heterocycles. The standard InChI is InChI=1S/C25H26N4O2/c1-25(2,3)19-12-10-16(11-13-19)23(30)27-20-6-4-5-7-21(20)28-24(31)17-8-9-18-15-26-29-22(18)14-17/h4-15,20-21H,1-3H3,(H,26,29)(H,27,30)(H,28,31). The minimum Gasteiger partial charge on any atom is -0.343 e. The number of benzene rings is 2. The number of fused-ring (bicyclic) bond motifs is 1. The van der Waals surface area contributed by atoms with E-state index in [2.05, 4.69) is 41.6 Å². The summed E-state index contributed by atoms with van der Waals surface area (Å²) in [6, 6.07) is 12.3. The number of nitrogens with one attached hydrogen (secondary N) is 3. The van der Waals surface area contributed by atoms with Gasteiger partial charge in [-0.25, -0.2) is 0 Å². The molecule has 6 nitrogen and oxygen atoms in total. The summed E-state index contributed by atoms with van der Waals surface area (Å²) < 4.78 is 0. The molecular formula is C25H26N4O2. The van der Waals surface area contributed by atoms with Gasteiger partial charge in [0.2, 0.25) is 0 Å². The van der Waals surface area contributed by atoms with Gasteiger partial charge in [-0.3, -0.25) is 14.7 Å². The Labute approximate surface area is 181 Å². The third kappa shape index (κ3) is 4.58. The van der Waals surface area contributed by atoms with Crippen molar-refractivity contribution in [2.24, 2.45) is 0 Å². The van der Waals surface area contributed by atoms with Crippen LogP contribution >= 0.6 is 0 Å². The van der Waals surface area contributed by atoms with Crippen LogP contribution < -0.4 is 10.6 Å². The van der Waals surface area contributed by atoms with E-state index >= 15 is 0 Å². The van der Waals surface area contributed by atoms with E-state index in [9.17, 15) is 9.59 Å². The average molecular weight is 415 g/mol. The second-order valence-corrected chi connectivity index (χ2v) is 8.77. The van der Waals surface area contributed by atoms with Crippen LogP contribution in [0.1, 0.15) is 47.1 Å². The number of aromatic nitrogens is 2. The van der Waals surface area contributed by atoms with Crippen LogP contribution in [-0.4, -0.2) is 34.1 Å². The summed E-state index contributed by atoms with van der Waals surface area (Å²) in [5, 5.41) is 13.8. The predicted octanol–water partition coefficient (Wildman–Crippen LogP) is 3.88. The number of aromatic amines is 1. The van der Waals surface area contributed by atoms with Crippen molar-refractivity contribution in [2.45, 2.75) is 38.3 Å². The first-order chi connectivity index (χ1) is 14.8. The maximum absolute atomic E-state index is 12.8. The van der Waals surface area contributed by atoms with Gasteiger partial charge in [0.05, 0.1) is 23.8 Å². The van der Waals surface area contributed by atoms with Crippen molar-refractivity contribution in [3.8, 4) is 0 Å². The maximum atomic E-state index is 12.8.